The van der Waals surface area contributed by atoms with Gasteiger partial charge in [-0.15, -0.1) is 0 Å². The van der Waals surface area contributed by atoms with Gasteiger partial charge in [-0.05, 0) is 38.2 Å². The lowest BCUT2D eigenvalue weighted by atomic mass is 10.0. The van der Waals surface area contributed by atoms with E-state index in [1.807, 2.05) is 26.0 Å². The van der Waals surface area contributed by atoms with E-state index in [9.17, 15) is 13.2 Å². The van der Waals surface area contributed by atoms with Crippen LogP contribution < -0.4 is 10.1 Å². The third-order valence-electron chi connectivity index (χ3n) is 3.20. The Hall–Kier alpha value is -1.27. The summed E-state index contributed by atoms with van der Waals surface area (Å²) in [6.07, 6.45) is -4.20. The van der Waals surface area contributed by atoms with Gasteiger partial charge in [0.25, 0.3) is 0 Å². The standard InChI is InChI=1S/C15H23F3N2O/c1-5-19-11(2)12-6-7-14(21-4)13(8-12)9-20(3)10-15(16,17)18/h6-8,11,19H,5,9-10H2,1-4H3. The van der Waals surface area contributed by atoms with Crippen LogP contribution in [-0.4, -0.2) is 38.3 Å². The Morgan fingerprint density at radius 3 is 2.52 bits per heavy atom. The molecule has 1 unspecified atom stereocenters. The van der Waals surface area contributed by atoms with Gasteiger partial charge in [0, 0.05) is 18.2 Å². The van der Waals surface area contributed by atoms with Crippen molar-refractivity contribution in [1.29, 1.82) is 0 Å². The van der Waals surface area contributed by atoms with Crippen LogP contribution in [0.3, 0.4) is 0 Å². The fourth-order valence-electron chi connectivity index (χ4n) is 2.27. The number of nitrogens with one attached hydrogen (secondary N) is 1. The van der Waals surface area contributed by atoms with Gasteiger partial charge in [-0.25, -0.2) is 0 Å². The summed E-state index contributed by atoms with van der Waals surface area (Å²) in [5, 5.41) is 3.28. The van der Waals surface area contributed by atoms with E-state index in [4.69, 9.17) is 4.74 Å². The van der Waals surface area contributed by atoms with Gasteiger partial charge >= 0.3 is 6.18 Å². The van der Waals surface area contributed by atoms with E-state index in [1.54, 1.807) is 6.07 Å². The largest absolute Gasteiger partial charge is 0.496 e. The minimum atomic E-state index is -4.20. The molecule has 0 saturated carbocycles. The molecule has 0 saturated heterocycles. The minimum Gasteiger partial charge on any atom is -0.496 e. The van der Waals surface area contributed by atoms with Crippen LogP contribution in [0.15, 0.2) is 18.2 Å². The Morgan fingerprint density at radius 1 is 1.33 bits per heavy atom. The molecule has 21 heavy (non-hydrogen) atoms. The Balaban J connectivity index is 2.90. The number of hydrogen-bond acceptors (Lipinski definition) is 3. The van der Waals surface area contributed by atoms with E-state index in [2.05, 4.69) is 5.32 Å². The summed E-state index contributed by atoms with van der Waals surface area (Å²) in [4.78, 5) is 1.24. The van der Waals surface area contributed by atoms with Crippen molar-refractivity contribution in [3.8, 4) is 5.75 Å². The van der Waals surface area contributed by atoms with E-state index in [1.165, 1.54) is 19.1 Å². The lowest BCUT2D eigenvalue weighted by molar-refractivity contribution is -0.144. The number of hydrogen-bond donors (Lipinski definition) is 1. The molecule has 0 spiro atoms. The number of rotatable bonds is 7. The highest BCUT2D eigenvalue weighted by molar-refractivity contribution is 5.38. The predicted octanol–water partition coefficient (Wildman–Crippen LogP) is 3.36. The summed E-state index contributed by atoms with van der Waals surface area (Å²) >= 11 is 0. The lowest BCUT2D eigenvalue weighted by Gasteiger charge is -2.21. The number of methoxy groups -OCH3 is 1. The van der Waals surface area contributed by atoms with Crippen LogP contribution in [0, 0.1) is 0 Å². The molecule has 3 nitrogen and oxygen atoms in total. The van der Waals surface area contributed by atoms with Crippen molar-refractivity contribution in [3.05, 3.63) is 29.3 Å². The highest BCUT2D eigenvalue weighted by Crippen LogP contribution is 2.25. The quantitative estimate of drug-likeness (QED) is 0.836. The normalized spacial score (nSPS) is 13.5. The zero-order chi connectivity index (χ0) is 16.0. The zero-order valence-electron chi connectivity index (χ0n) is 12.9. The maximum Gasteiger partial charge on any atom is 0.401 e. The van der Waals surface area contributed by atoms with E-state index in [0.29, 0.717) is 5.75 Å². The van der Waals surface area contributed by atoms with Crippen LogP contribution >= 0.6 is 0 Å². The highest BCUT2D eigenvalue weighted by atomic mass is 19.4. The lowest BCUT2D eigenvalue weighted by Crippen LogP contribution is -2.30. The van der Waals surface area contributed by atoms with Crippen molar-refractivity contribution < 1.29 is 17.9 Å². The molecule has 1 rings (SSSR count). The van der Waals surface area contributed by atoms with Gasteiger partial charge in [0.2, 0.25) is 0 Å². The van der Waals surface area contributed by atoms with Gasteiger partial charge in [0.05, 0.1) is 13.7 Å². The molecule has 1 atom stereocenters. The zero-order valence-corrected chi connectivity index (χ0v) is 12.9. The molecule has 0 bridgehead atoms. The van der Waals surface area contributed by atoms with Crippen molar-refractivity contribution in [2.45, 2.75) is 32.6 Å². The minimum absolute atomic E-state index is 0.146. The van der Waals surface area contributed by atoms with Crippen LogP contribution in [0.5, 0.6) is 5.75 Å². The van der Waals surface area contributed by atoms with Crippen molar-refractivity contribution in [3.63, 3.8) is 0 Å². The Kier molecular flexibility index (Phi) is 6.48. The smallest absolute Gasteiger partial charge is 0.401 e. The highest BCUT2D eigenvalue weighted by Gasteiger charge is 2.29. The first-order valence-corrected chi connectivity index (χ1v) is 6.92. The third kappa shape index (κ3) is 5.93. The van der Waals surface area contributed by atoms with Gasteiger partial charge in [-0.1, -0.05) is 13.0 Å². The average molecular weight is 304 g/mol. The van der Waals surface area contributed by atoms with E-state index in [-0.39, 0.29) is 12.6 Å². The van der Waals surface area contributed by atoms with Crippen molar-refractivity contribution in [2.75, 3.05) is 27.2 Å². The topological polar surface area (TPSA) is 24.5 Å². The molecule has 6 heteroatoms. The molecule has 0 aliphatic heterocycles. The van der Waals surface area contributed by atoms with E-state index >= 15 is 0 Å². The maximum atomic E-state index is 12.4. The first-order chi connectivity index (χ1) is 9.76. The molecule has 1 aromatic carbocycles. The predicted molar refractivity (Wildman–Crippen MR) is 77.5 cm³/mol. The monoisotopic (exact) mass is 304 g/mol. The second kappa shape index (κ2) is 7.66. The Bertz CT molecular complexity index is 449. The van der Waals surface area contributed by atoms with Crippen molar-refractivity contribution in [2.24, 2.45) is 0 Å². The number of benzene rings is 1. The van der Waals surface area contributed by atoms with E-state index in [0.717, 1.165) is 17.7 Å². The third-order valence-corrected chi connectivity index (χ3v) is 3.20. The van der Waals surface area contributed by atoms with Gasteiger partial charge < -0.3 is 10.1 Å². The molecule has 0 heterocycles. The Labute approximate surface area is 124 Å². The Morgan fingerprint density at radius 2 is 2.00 bits per heavy atom. The molecular formula is C15H23F3N2O. The SMILES string of the molecule is CCNC(C)c1ccc(OC)c(CN(C)CC(F)(F)F)c1. The van der Waals surface area contributed by atoms with Crippen LogP contribution in [0.2, 0.25) is 0 Å². The number of ether oxygens (including phenoxy) is 1. The summed E-state index contributed by atoms with van der Waals surface area (Å²) < 4.78 is 42.5. The summed E-state index contributed by atoms with van der Waals surface area (Å²) in [6.45, 7) is 4.11. The van der Waals surface area contributed by atoms with E-state index < -0.39 is 12.7 Å². The van der Waals surface area contributed by atoms with Crippen molar-refractivity contribution >= 4 is 0 Å². The van der Waals surface area contributed by atoms with Gasteiger partial charge in [0.15, 0.2) is 0 Å². The van der Waals surface area contributed by atoms with Gasteiger partial charge in [0.1, 0.15) is 5.75 Å². The fraction of sp³-hybridized carbons (Fsp3) is 0.600. The molecule has 0 aliphatic rings. The summed E-state index contributed by atoms with van der Waals surface area (Å²) in [6, 6.07) is 5.78. The van der Waals surface area contributed by atoms with Crippen LogP contribution in [-0.2, 0) is 6.54 Å². The second-order valence-corrected chi connectivity index (χ2v) is 5.14. The number of alkyl halides is 3. The summed E-state index contributed by atoms with van der Waals surface area (Å²) in [7, 11) is 2.98. The van der Waals surface area contributed by atoms with Crippen LogP contribution in [0.25, 0.3) is 0 Å². The molecular weight excluding hydrogens is 281 g/mol. The first kappa shape index (κ1) is 17.8. The molecule has 0 radical (unpaired) electrons. The number of nitrogens with zero attached hydrogens (tertiary/aromatic N) is 1. The maximum absolute atomic E-state index is 12.4. The molecule has 0 aromatic heterocycles. The average Bonchev–Trinajstić information content (AvgIpc) is 2.36. The van der Waals surface area contributed by atoms with Gasteiger partial charge in [-0.2, -0.15) is 13.2 Å². The molecule has 0 amide bonds. The fourth-order valence-corrected chi connectivity index (χ4v) is 2.27. The molecule has 0 fully saturated rings. The molecule has 1 N–H and O–H groups in total. The molecule has 1 aromatic rings. The van der Waals surface area contributed by atoms with Gasteiger partial charge in [-0.3, -0.25) is 4.90 Å². The second-order valence-electron chi connectivity index (χ2n) is 5.14. The van der Waals surface area contributed by atoms with Crippen LogP contribution in [0.1, 0.15) is 31.0 Å². The van der Waals surface area contributed by atoms with Crippen molar-refractivity contribution in [1.82, 2.24) is 10.2 Å². The number of halogens is 3. The molecule has 120 valence electrons. The molecule has 0 aliphatic carbocycles. The van der Waals surface area contributed by atoms with Crippen LogP contribution in [0.4, 0.5) is 13.2 Å². The summed E-state index contributed by atoms with van der Waals surface area (Å²) in [5.41, 5.74) is 1.79. The first-order valence-electron chi connectivity index (χ1n) is 6.92. The summed E-state index contributed by atoms with van der Waals surface area (Å²) in [5.74, 6) is 0.608.